The van der Waals surface area contributed by atoms with Gasteiger partial charge in [0.25, 0.3) is 0 Å². The molecule has 0 bridgehead atoms. The van der Waals surface area contributed by atoms with Crippen LogP contribution in [0.2, 0.25) is 0 Å². The van der Waals surface area contributed by atoms with Crippen molar-refractivity contribution in [3.05, 3.63) is 52.1 Å². The molecule has 1 aromatic carbocycles. The highest BCUT2D eigenvalue weighted by Crippen LogP contribution is 2.52. The molecule has 0 spiro atoms. The number of hydrogen-bond donors (Lipinski definition) is 2. The number of thiol groups is 2. The van der Waals surface area contributed by atoms with Gasteiger partial charge in [-0.15, -0.1) is 0 Å². The van der Waals surface area contributed by atoms with Gasteiger partial charge < -0.3 is 0 Å². The van der Waals surface area contributed by atoms with Crippen molar-refractivity contribution in [3.8, 4) is 0 Å². The zero-order valence-electron chi connectivity index (χ0n) is 12.7. The summed E-state index contributed by atoms with van der Waals surface area (Å²) in [6.07, 6.45) is 2.19. The highest BCUT2D eigenvalue weighted by atomic mass is 32.2. The first-order chi connectivity index (χ1) is 8.84. The van der Waals surface area contributed by atoms with Crippen molar-refractivity contribution in [1.29, 1.82) is 0 Å². The number of hydrogen-bond acceptors (Lipinski definition) is 2. The van der Waals surface area contributed by atoms with Gasteiger partial charge in [-0.25, -0.2) is 0 Å². The van der Waals surface area contributed by atoms with E-state index in [4.69, 9.17) is 25.3 Å². The van der Waals surface area contributed by atoms with Crippen molar-refractivity contribution >= 4 is 30.8 Å². The number of aryl methyl sites for hydroxylation is 1. The lowest BCUT2D eigenvalue weighted by Gasteiger charge is -2.21. The Labute approximate surface area is 128 Å². The summed E-state index contributed by atoms with van der Waals surface area (Å²) in [4.78, 5) is 0. The van der Waals surface area contributed by atoms with Gasteiger partial charge in [0.05, 0.1) is 0 Å². The molecule has 2 heteroatoms. The Bertz CT molecular complexity index is 530. The minimum absolute atomic E-state index is 0.470. The molecular weight excluding hydrogens is 268 g/mol. The summed E-state index contributed by atoms with van der Waals surface area (Å²) in [7, 11) is 0. The van der Waals surface area contributed by atoms with Crippen LogP contribution >= 0.6 is 25.3 Å². The SMILES string of the molecule is CC.CC(C)=CC1=C(C)c2ccc(C)cc2C1(S)S. The Morgan fingerprint density at radius 2 is 1.68 bits per heavy atom. The third-order valence-electron chi connectivity index (χ3n) is 3.17. The van der Waals surface area contributed by atoms with E-state index in [0.29, 0.717) is 0 Å². The Balaban J connectivity index is 0.000000861. The van der Waals surface area contributed by atoms with Gasteiger partial charge in [0.2, 0.25) is 0 Å². The summed E-state index contributed by atoms with van der Waals surface area (Å²) in [5.74, 6) is 0. The Morgan fingerprint density at radius 1 is 1.11 bits per heavy atom. The van der Waals surface area contributed by atoms with Crippen LogP contribution in [-0.4, -0.2) is 0 Å². The summed E-state index contributed by atoms with van der Waals surface area (Å²) < 4.78 is -0.470. The average molecular weight is 293 g/mol. The van der Waals surface area contributed by atoms with E-state index in [1.54, 1.807) is 0 Å². The Hall–Kier alpha value is -0.600. The molecule has 0 aromatic heterocycles. The maximum Gasteiger partial charge on any atom is 0.106 e. The van der Waals surface area contributed by atoms with E-state index in [2.05, 4.69) is 52.0 Å². The summed E-state index contributed by atoms with van der Waals surface area (Å²) >= 11 is 9.53. The van der Waals surface area contributed by atoms with Gasteiger partial charge in [-0.1, -0.05) is 49.3 Å². The van der Waals surface area contributed by atoms with Crippen LogP contribution in [-0.2, 0) is 4.08 Å². The first kappa shape index (κ1) is 16.5. The Morgan fingerprint density at radius 3 is 2.21 bits per heavy atom. The van der Waals surface area contributed by atoms with Gasteiger partial charge in [0.15, 0.2) is 0 Å². The molecule has 2 rings (SSSR count). The fourth-order valence-corrected chi connectivity index (χ4v) is 3.16. The second-order valence-corrected chi connectivity index (χ2v) is 6.68. The molecule has 0 heterocycles. The zero-order chi connectivity index (χ0) is 14.8. The second-order valence-electron chi connectivity index (χ2n) is 4.98. The third kappa shape index (κ3) is 3.11. The molecule has 0 atom stereocenters. The fourth-order valence-electron chi connectivity index (χ4n) is 2.32. The molecule has 0 fully saturated rings. The van der Waals surface area contributed by atoms with Crippen LogP contribution in [0, 0.1) is 6.92 Å². The van der Waals surface area contributed by atoms with E-state index in [1.165, 1.54) is 33.4 Å². The highest BCUT2D eigenvalue weighted by Gasteiger charge is 2.36. The van der Waals surface area contributed by atoms with Crippen LogP contribution in [0.4, 0.5) is 0 Å². The Kier molecular flexibility index (Phi) is 5.40. The molecule has 19 heavy (non-hydrogen) atoms. The summed E-state index contributed by atoms with van der Waals surface area (Å²) in [5, 5.41) is 0. The van der Waals surface area contributed by atoms with Gasteiger partial charge in [-0.05, 0) is 50.0 Å². The molecule has 104 valence electrons. The van der Waals surface area contributed by atoms with Crippen LogP contribution in [0.15, 0.2) is 35.4 Å². The molecular formula is C17H24S2. The third-order valence-corrected chi connectivity index (χ3v) is 4.13. The maximum atomic E-state index is 4.77. The van der Waals surface area contributed by atoms with Crippen molar-refractivity contribution in [2.24, 2.45) is 0 Å². The van der Waals surface area contributed by atoms with E-state index in [-0.39, 0.29) is 0 Å². The van der Waals surface area contributed by atoms with Crippen molar-refractivity contribution in [1.82, 2.24) is 0 Å². The minimum atomic E-state index is -0.470. The van der Waals surface area contributed by atoms with Crippen molar-refractivity contribution in [3.63, 3.8) is 0 Å². The molecule has 1 aliphatic rings. The molecule has 0 aliphatic heterocycles. The molecule has 0 saturated heterocycles. The summed E-state index contributed by atoms with van der Waals surface area (Å²) in [6, 6.07) is 6.50. The number of fused-ring (bicyclic) bond motifs is 1. The van der Waals surface area contributed by atoms with Crippen LogP contribution in [0.1, 0.15) is 51.3 Å². The monoisotopic (exact) mass is 292 g/mol. The van der Waals surface area contributed by atoms with Gasteiger partial charge >= 0.3 is 0 Å². The predicted octanol–water partition coefficient (Wildman–Crippen LogP) is 5.79. The number of rotatable bonds is 1. The van der Waals surface area contributed by atoms with Crippen molar-refractivity contribution < 1.29 is 0 Å². The normalized spacial score (nSPS) is 15.6. The fraction of sp³-hybridized carbons (Fsp3) is 0.412. The molecule has 0 saturated carbocycles. The first-order valence-corrected chi connectivity index (χ1v) is 7.66. The largest absolute Gasteiger partial charge is 0.152 e. The topological polar surface area (TPSA) is 0 Å². The predicted molar refractivity (Wildman–Crippen MR) is 94.2 cm³/mol. The maximum absolute atomic E-state index is 4.77. The zero-order valence-corrected chi connectivity index (χ0v) is 14.5. The molecule has 0 unspecified atom stereocenters. The molecule has 0 nitrogen and oxygen atoms in total. The minimum Gasteiger partial charge on any atom is -0.152 e. The van der Waals surface area contributed by atoms with Crippen LogP contribution in [0.25, 0.3) is 5.57 Å². The molecule has 1 aliphatic carbocycles. The smallest absolute Gasteiger partial charge is 0.106 e. The number of allylic oxidation sites excluding steroid dienone is 3. The van der Waals surface area contributed by atoms with Crippen molar-refractivity contribution in [2.45, 2.75) is 45.6 Å². The quantitative estimate of drug-likeness (QED) is 0.475. The molecule has 0 N–H and O–H groups in total. The highest BCUT2D eigenvalue weighted by molar-refractivity contribution is 8.00. The van der Waals surface area contributed by atoms with E-state index in [0.717, 1.165) is 0 Å². The van der Waals surface area contributed by atoms with Gasteiger partial charge in [0.1, 0.15) is 4.08 Å². The number of benzene rings is 1. The molecule has 0 amide bonds. The first-order valence-electron chi connectivity index (χ1n) is 6.76. The summed E-state index contributed by atoms with van der Waals surface area (Å²) in [6.45, 7) is 12.5. The van der Waals surface area contributed by atoms with E-state index < -0.39 is 4.08 Å². The standard InChI is InChI=1S/C15H18S2.C2H6/c1-9(2)7-13-11(4)12-6-5-10(3)8-14(12)15(13,16)17;1-2/h5-8,16-17H,1-4H3;1-2H3. The van der Waals surface area contributed by atoms with E-state index in [1.807, 2.05) is 13.8 Å². The van der Waals surface area contributed by atoms with E-state index >= 15 is 0 Å². The van der Waals surface area contributed by atoms with Gasteiger partial charge in [0, 0.05) is 0 Å². The van der Waals surface area contributed by atoms with Gasteiger partial charge in [-0.2, -0.15) is 25.3 Å². The molecule has 1 aromatic rings. The van der Waals surface area contributed by atoms with E-state index in [9.17, 15) is 0 Å². The lowest BCUT2D eigenvalue weighted by atomic mass is 10.0. The second kappa shape index (κ2) is 6.23. The lowest BCUT2D eigenvalue weighted by Crippen LogP contribution is -2.09. The van der Waals surface area contributed by atoms with Crippen LogP contribution in [0.5, 0.6) is 0 Å². The summed E-state index contributed by atoms with van der Waals surface area (Å²) in [5.41, 5.74) is 7.48. The van der Waals surface area contributed by atoms with Crippen LogP contribution < -0.4 is 0 Å². The van der Waals surface area contributed by atoms with Crippen molar-refractivity contribution in [2.75, 3.05) is 0 Å². The molecule has 0 radical (unpaired) electrons. The average Bonchev–Trinajstić information content (AvgIpc) is 2.53. The van der Waals surface area contributed by atoms with Crippen LogP contribution in [0.3, 0.4) is 0 Å². The lowest BCUT2D eigenvalue weighted by molar-refractivity contribution is 1.12. The van der Waals surface area contributed by atoms with Gasteiger partial charge in [-0.3, -0.25) is 0 Å².